The van der Waals surface area contributed by atoms with Crippen LogP contribution in [0.25, 0.3) is 0 Å². The van der Waals surface area contributed by atoms with Crippen LogP contribution < -0.4 is 0 Å². The van der Waals surface area contributed by atoms with E-state index in [4.69, 9.17) is 0 Å². The summed E-state index contributed by atoms with van der Waals surface area (Å²) in [6, 6.07) is 0. The van der Waals surface area contributed by atoms with E-state index < -0.39 is 0 Å². The molecule has 0 radical (unpaired) electrons. The van der Waals surface area contributed by atoms with Gasteiger partial charge in [-0.2, -0.15) is 0 Å². The Kier molecular flexibility index (Phi) is 68.5. The van der Waals surface area contributed by atoms with Gasteiger partial charge in [0.1, 0.15) is 0 Å². The summed E-state index contributed by atoms with van der Waals surface area (Å²) in [5, 5.41) is 0. The second-order valence-electron chi connectivity index (χ2n) is 0. The molecule has 0 heterocycles. The molecule has 0 spiro atoms. The molecular formula is AuPdPtRu. The van der Waals surface area contributed by atoms with Crippen LogP contribution in [0.4, 0.5) is 0 Å². The van der Waals surface area contributed by atoms with Crippen LogP contribution in [0.1, 0.15) is 0 Å². The Balaban J connectivity index is -0.00000000500. The van der Waals surface area contributed by atoms with Gasteiger partial charge in [-0.3, -0.25) is 0 Å². The summed E-state index contributed by atoms with van der Waals surface area (Å²) in [4.78, 5) is 0. The van der Waals surface area contributed by atoms with Gasteiger partial charge in [-0.25, -0.2) is 0 Å². The Bertz CT molecular complexity index is 8.00. The Hall–Kier alpha value is 2.71. The Morgan fingerprint density at radius 3 is 1.25 bits per heavy atom. The zero-order valence-electron chi connectivity index (χ0n) is 1.29. The van der Waals surface area contributed by atoms with Gasteiger partial charge in [0, 0.05) is 41.5 Å². The van der Waals surface area contributed by atoms with Crippen molar-refractivity contribution >= 4 is 0 Å². The van der Waals surface area contributed by atoms with Crippen LogP contribution in [0, 0.1) is 0 Å². The van der Waals surface area contributed by atoms with E-state index >= 15 is 0 Å². The fourth-order valence-corrected chi connectivity index (χ4v) is 0. The maximum atomic E-state index is 2.29. The molecule has 0 bridgehead atoms. The van der Waals surface area contributed by atoms with Crippen molar-refractivity contribution in [3.8, 4) is 0 Å². The topological polar surface area (TPSA) is 0 Å². The molecule has 0 N–H and O–H groups in total. The SMILES string of the molecule is [Pd].[Pt].[Ru][Au]. The van der Waals surface area contributed by atoms with E-state index in [0.29, 0.717) is 0 Å². The minimum atomic E-state index is 0. The predicted molar refractivity (Wildman–Crippen MR) is 0 cm³/mol. The molecule has 0 aromatic carbocycles. The van der Waals surface area contributed by atoms with Gasteiger partial charge < -0.3 is 0 Å². The summed E-state index contributed by atoms with van der Waals surface area (Å²) in [6.07, 6.45) is 0. The van der Waals surface area contributed by atoms with Crippen molar-refractivity contribution in [3.63, 3.8) is 0 Å². The maximum absolute atomic E-state index is 2.29. The molecular weight excluding hydrogens is 600 g/mol. The zero-order chi connectivity index (χ0) is 2.00. The fourth-order valence-electron chi connectivity index (χ4n) is 0. The second kappa shape index (κ2) is 17.2. The van der Waals surface area contributed by atoms with E-state index in [1.54, 1.807) is 0 Å². The molecule has 0 saturated carbocycles. The molecule has 39 valence electrons. The fraction of sp³-hybridized carbons (Fsp3) is 0. The summed E-state index contributed by atoms with van der Waals surface area (Å²) in [5.41, 5.74) is 0. The van der Waals surface area contributed by atoms with E-state index in [-0.39, 0.29) is 41.5 Å². The third kappa shape index (κ3) is 8.83. The molecule has 0 unspecified atom stereocenters. The molecule has 0 atom stereocenters. The first-order valence-electron chi connectivity index (χ1n) is 0.107. The van der Waals surface area contributed by atoms with Gasteiger partial charge in [0.2, 0.25) is 0 Å². The molecule has 0 aliphatic heterocycles. The van der Waals surface area contributed by atoms with Gasteiger partial charge in [-0.15, -0.1) is 0 Å². The van der Waals surface area contributed by atoms with Gasteiger partial charge in [0.15, 0.2) is 0 Å². The van der Waals surface area contributed by atoms with Gasteiger partial charge >= 0.3 is 33.5 Å². The summed E-state index contributed by atoms with van der Waals surface area (Å²) in [5.74, 6) is 0. The van der Waals surface area contributed by atoms with Gasteiger partial charge in [-0.05, 0) is 0 Å². The standard InChI is InChI=1S/Au.Pd.Pt.Ru. The van der Waals surface area contributed by atoms with Gasteiger partial charge in [0.05, 0.1) is 0 Å². The van der Waals surface area contributed by atoms with Crippen molar-refractivity contribution in [1.82, 2.24) is 0 Å². The minimum absolute atomic E-state index is 0. The molecule has 0 aliphatic rings. The molecule has 0 aromatic heterocycles. The van der Waals surface area contributed by atoms with Crippen LogP contribution in [0.15, 0.2) is 0 Å². The van der Waals surface area contributed by atoms with E-state index in [9.17, 15) is 0 Å². The summed E-state index contributed by atoms with van der Waals surface area (Å²) in [6.45, 7) is 0. The van der Waals surface area contributed by atoms with Crippen molar-refractivity contribution in [1.29, 1.82) is 0 Å². The first kappa shape index (κ1) is 15.9. The van der Waals surface area contributed by atoms with E-state index in [1.807, 2.05) is 0 Å². The molecule has 0 nitrogen and oxygen atoms in total. The predicted octanol–water partition coefficient (Wildman–Crippen LogP) is -0.0100. The number of hydrogen-bond donors (Lipinski definition) is 0. The average Bonchev–Trinajstić information content (AvgIpc) is 1.00. The first-order valence-corrected chi connectivity index (χ1v) is 5.16. The Morgan fingerprint density at radius 1 is 1.25 bits per heavy atom. The Morgan fingerprint density at radius 2 is 1.25 bits per heavy atom. The molecule has 4 heavy (non-hydrogen) atoms. The van der Waals surface area contributed by atoms with Crippen molar-refractivity contribution in [2.75, 3.05) is 0 Å². The van der Waals surface area contributed by atoms with Crippen molar-refractivity contribution in [3.05, 3.63) is 0 Å². The van der Waals surface area contributed by atoms with E-state index in [1.165, 1.54) is 0 Å². The van der Waals surface area contributed by atoms with Crippen LogP contribution in [0.5, 0.6) is 0 Å². The second-order valence-corrected chi connectivity index (χ2v) is 0. The third-order valence-electron chi connectivity index (χ3n) is 0. The zero-order valence-corrected chi connectivity index (χ0v) is 9.02. The third-order valence-corrected chi connectivity index (χ3v) is 0. The van der Waals surface area contributed by atoms with Crippen LogP contribution in [-0.4, -0.2) is 0 Å². The molecule has 4 heteroatoms. The quantitative estimate of drug-likeness (QED) is 0.344. The van der Waals surface area contributed by atoms with Crippen LogP contribution in [0.2, 0.25) is 0 Å². The van der Waals surface area contributed by atoms with E-state index in [0.717, 1.165) is 0 Å². The molecule has 0 rings (SSSR count). The molecule has 0 saturated heterocycles. The van der Waals surface area contributed by atoms with Crippen molar-refractivity contribution < 1.29 is 75.0 Å². The normalized spacial score (nSPS) is 1.75. The first-order chi connectivity index (χ1) is 1.00. The summed E-state index contributed by atoms with van der Waals surface area (Å²) < 4.78 is 0. The van der Waals surface area contributed by atoms with Crippen molar-refractivity contribution in [2.45, 2.75) is 0 Å². The van der Waals surface area contributed by atoms with Crippen LogP contribution in [-0.2, 0) is 75.0 Å². The number of hydrogen-bond acceptors (Lipinski definition) is 0. The molecule has 0 aromatic rings. The van der Waals surface area contributed by atoms with E-state index in [2.05, 4.69) is 33.5 Å². The monoisotopic (exact) mass is 600 g/mol. The summed E-state index contributed by atoms with van der Waals surface area (Å²) >= 11 is 4.50. The van der Waals surface area contributed by atoms with Crippen LogP contribution >= 0.6 is 0 Å². The number of rotatable bonds is 0. The van der Waals surface area contributed by atoms with Gasteiger partial charge in [0.25, 0.3) is 0 Å². The Labute approximate surface area is 73.7 Å². The van der Waals surface area contributed by atoms with Gasteiger partial charge in [-0.1, -0.05) is 0 Å². The average molecular weight is 600 g/mol. The van der Waals surface area contributed by atoms with Crippen LogP contribution in [0.3, 0.4) is 0 Å². The summed E-state index contributed by atoms with van der Waals surface area (Å²) in [7, 11) is 0. The molecule has 0 fully saturated rings. The van der Waals surface area contributed by atoms with Crippen molar-refractivity contribution in [2.24, 2.45) is 0 Å². The molecule has 0 aliphatic carbocycles. The molecule has 0 amide bonds.